The van der Waals surface area contributed by atoms with E-state index in [0.717, 1.165) is 10.0 Å². The molecule has 0 aliphatic carbocycles. The Bertz CT molecular complexity index is 444. The molecule has 1 unspecified atom stereocenters. The topological polar surface area (TPSA) is 49.4 Å². The van der Waals surface area contributed by atoms with E-state index in [1.807, 2.05) is 29.2 Å². The van der Waals surface area contributed by atoms with Gasteiger partial charge in [-0.25, -0.2) is 0 Å². The molecule has 5 heteroatoms. The summed E-state index contributed by atoms with van der Waals surface area (Å²) in [6, 6.07) is 7.59. The molecule has 17 heavy (non-hydrogen) atoms. The first-order valence-electron chi connectivity index (χ1n) is 5.38. The lowest BCUT2D eigenvalue weighted by Gasteiger charge is -2.31. The summed E-state index contributed by atoms with van der Waals surface area (Å²) in [6.45, 7) is 2.68. The molecule has 1 heterocycles. The number of imide groups is 1. The van der Waals surface area contributed by atoms with E-state index in [9.17, 15) is 9.59 Å². The van der Waals surface area contributed by atoms with Crippen molar-refractivity contribution in [2.75, 3.05) is 6.54 Å². The average Bonchev–Trinajstić information content (AvgIpc) is 2.28. The number of hydrogen-bond acceptors (Lipinski definition) is 3. The number of hydrogen-bond donors (Lipinski definition) is 1. The van der Waals surface area contributed by atoms with Crippen molar-refractivity contribution in [1.29, 1.82) is 0 Å². The first-order chi connectivity index (χ1) is 8.06. The number of amides is 2. The van der Waals surface area contributed by atoms with Gasteiger partial charge in [0.15, 0.2) is 0 Å². The molecule has 1 N–H and O–H groups in total. The molecule has 1 saturated heterocycles. The minimum Gasteiger partial charge on any atom is -0.294 e. The first-order valence-corrected chi connectivity index (χ1v) is 6.18. The van der Waals surface area contributed by atoms with Crippen molar-refractivity contribution in [2.45, 2.75) is 19.5 Å². The molecule has 1 aromatic rings. The summed E-state index contributed by atoms with van der Waals surface area (Å²) in [5.41, 5.74) is 1.09. The van der Waals surface area contributed by atoms with Gasteiger partial charge in [0.05, 0.1) is 12.6 Å². The molecule has 0 saturated carbocycles. The van der Waals surface area contributed by atoms with Crippen molar-refractivity contribution in [3.8, 4) is 0 Å². The largest absolute Gasteiger partial charge is 0.294 e. The zero-order chi connectivity index (χ0) is 12.4. The minimum atomic E-state index is -0.267. The third-order valence-corrected chi connectivity index (χ3v) is 3.36. The molecule has 0 radical (unpaired) electrons. The molecule has 0 aromatic heterocycles. The SMILES string of the molecule is CC1C(=O)NC(=O)CN1Cc1ccc(Br)cc1. The van der Waals surface area contributed by atoms with Gasteiger partial charge < -0.3 is 0 Å². The fourth-order valence-corrected chi connectivity index (χ4v) is 2.05. The normalized spacial score (nSPS) is 21.4. The molecule has 0 bridgehead atoms. The highest BCUT2D eigenvalue weighted by molar-refractivity contribution is 9.10. The van der Waals surface area contributed by atoms with Crippen LogP contribution in [0.3, 0.4) is 0 Å². The Morgan fingerprint density at radius 1 is 1.35 bits per heavy atom. The lowest BCUT2D eigenvalue weighted by molar-refractivity contribution is -0.139. The number of halogens is 1. The van der Waals surface area contributed by atoms with E-state index in [4.69, 9.17) is 0 Å². The average molecular weight is 297 g/mol. The summed E-state index contributed by atoms with van der Waals surface area (Å²) < 4.78 is 1.02. The molecule has 2 rings (SSSR count). The highest BCUT2D eigenvalue weighted by Gasteiger charge is 2.29. The Kier molecular flexibility index (Phi) is 3.59. The highest BCUT2D eigenvalue weighted by Crippen LogP contribution is 2.14. The van der Waals surface area contributed by atoms with Crippen LogP contribution in [-0.2, 0) is 16.1 Å². The summed E-state index contributed by atoms with van der Waals surface area (Å²) in [4.78, 5) is 24.6. The molecular formula is C12H13BrN2O2. The Morgan fingerprint density at radius 3 is 2.65 bits per heavy atom. The molecule has 1 atom stereocenters. The van der Waals surface area contributed by atoms with Crippen LogP contribution in [0.4, 0.5) is 0 Å². The van der Waals surface area contributed by atoms with Crippen LogP contribution in [0, 0.1) is 0 Å². The van der Waals surface area contributed by atoms with Crippen LogP contribution in [0.5, 0.6) is 0 Å². The summed E-state index contributed by atoms with van der Waals surface area (Å²) in [7, 11) is 0. The number of nitrogens with zero attached hydrogens (tertiary/aromatic N) is 1. The van der Waals surface area contributed by atoms with Gasteiger partial charge in [-0.15, -0.1) is 0 Å². The Labute approximate surface area is 108 Å². The van der Waals surface area contributed by atoms with Gasteiger partial charge in [0.25, 0.3) is 0 Å². The summed E-state index contributed by atoms with van der Waals surface area (Å²) in [6.07, 6.45) is 0. The third kappa shape index (κ3) is 2.92. The van der Waals surface area contributed by atoms with Crippen molar-refractivity contribution in [2.24, 2.45) is 0 Å². The minimum absolute atomic E-state index is 0.224. The van der Waals surface area contributed by atoms with E-state index in [1.54, 1.807) is 6.92 Å². The Balaban J connectivity index is 2.09. The number of carbonyl (C=O) groups is 2. The molecule has 2 amide bonds. The molecule has 1 aromatic carbocycles. The van der Waals surface area contributed by atoms with Crippen molar-refractivity contribution in [3.05, 3.63) is 34.3 Å². The van der Waals surface area contributed by atoms with Crippen LogP contribution >= 0.6 is 15.9 Å². The molecule has 1 aliphatic heterocycles. The number of carbonyl (C=O) groups excluding carboxylic acids is 2. The highest BCUT2D eigenvalue weighted by atomic mass is 79.9. The molecular weight excluding hydrogens is 284 g/mol. The molecule has 0 spiro atoms. The van der Waals surface area contributed by atoms with Crippen molar-refractivity contribution >= 4 is 27.7 Å². The maximum Gasteiger partial charge on any atom is 0.243 e. The van der Waals surface area contributed by atoms with Gasteiger partial charge in [-0.3, -0.25) is 19.8 Å². The van der Waals surface area contributed by atoms with Crippen LogP contribution in [0.2, 0.25) is 0 Å². The molecule has 4 nitrogen and oxygen atoms in total. The van der Waals surface area contributed by atoms with Crippen LogP contribution in [0.25, 0.3) is 0 Å². The standard InChI is InChI=1S/C12H13BrN2O2/c1-8-12(17)14-11(16)7-15(8)6-9-2-4-10(13)5-3-9/h2-5,8H,6-7H2,1H3,(H,14,16,17). The van der Waals surface area contributed by atoms with Gasteiger partial charge in [0.2, 0.25) is 11.8 Å². The van der Waals surface area contributed by atoms with E-state index >= 15 is 0 Å². The second kappa shape index (κ2) is 4.98. The maximum atomic E-state index is 11.5. The Morgan fingerprint density at radius 2 is 2.00 bits per heavy atom. The van der Waals surface area contributed by atoms with Crippen LogP contribution in [0.1, 0.15) is 12.5 Å². The number of nitrogens with one attached hydrogen (secondary N) is 1. The van der Waals surface area contributed by atoms with Crippen LogP contribution < -0.4 is 5.32 Å². The summed E-state index contributed by atoms with van der Waals surface area (Å²) >= 11 is 3.37. The van der Waals surface area contributed by atoms with Gasteiger partial charge in [0.1, 0.15) is 0 Å². The van der Waals surface area contributed by atoms with Crippen molar-refractivity contribution in [3.63, 3.8) is 0 Å². The molecule has 1 aliphatic rings. The fourth-order valence-electron chi connectivity index (χ4n) is 1.79. The van der Waals surface area contributed by atoms with Crippen LogP contribution in [0.15, 0.2) is 28.7 Å². The Hall–Kier alpha value is -1.20. The number of benzene rings is 1. The van der Waals surface area contributed by atoms with Crippen molar-refractivity contribution < 1.29 is 9.59 Å². The van der Waals surface area contributed by atoms with Gasteiger partial charge in [-0.05, 0) is 24.6 Å². The lowest BCUT2D eigenvalue weighted by atomic mass is 10.1. The van der Waals surface area contributed by atoms with Gasteiger partial charge in [0, 0.05) is 11.0 Å². The quantitative estimate of drug-likeness (QED) is 0.837. The van der Waals surface area contributed by atoms with Gasteiger partial charge in [-0.2, -0.15) is 0 Å². The van der Waals surface area contributed by atoms with Crippen LogP contribution in [-0.4, -0.2) is 29.3 Å². The predicted molar refractivity (Wildman–Crippen MR) is 67.2 cm³/mol. The van der Waals surface area contributed by atoms with Gasteiger partial charge >= 0.3 is 0 Å². The van der Waals surface area contributed by atoms with Crippen molar-refractivity contribution in [1.82, 2.24) is 10.2 Å². The van der Waals surface area contributed by atoms with E-state index in [-0.39, 0.29) is 24.4 Å². The first kappa shape index (κ1) is 12.3. The van der Waals surface area contributed by atoms with E-state index in [2.05, 4.69) is 21.2 Å². The zero-order valence-electron chi connectivity index (χ0n) is 9.44. The fraction of sp³-hybridized carbons (Fsp3) is 0.333. The third-order valence-electron chi connectivity index (χ3n) is 2.84. The summed E-state index contributed by atoms with van der Waals surface area (Å²) in [5.74, 6) is -0.455. The zero-order valence-corrected chi connectivity index (χ0v) is 11.0. The predicted octanol–water partition coefficient (Wildman–Crippen LogP) is 1.30. The maximum absolute atomic E-state index is 11.5. The van der Waals surface area contributed by atoms with E-state index < -0.39 is 0 Å². The number of piperazine rings is 1. The number of rotatable bonds is 2. The monoisotopic (exact) mass is 296 g/mol. The summed E-state index contributed by atoms with van der Waals surface area (Å²) in [5, 5.41) is 2.33. The molecule has 90 valence electrons. The second-order valence-corrected chi connectivity index (χ2v) is 5.04. The van der Waals surface area contributed by atoms with E-state index in [0.29, 0.717) is 6.54 Å². The second-order valence-electron chi connectivity index (χ2n) is 4.12. The van der Waals surface area contributed by atoms with Gasteiger partial charge in [-0.1, -0.05) is 28.1 Å². The van der Waals surface area contributed by atoms with E-state index in [1.165, 1.54) is 0 Å². The lowest BCUT2D eigenvalue weighted by Crippen LogP contribution is -2.56. The smallest absolute Gasteiger partial charge is 0.243 e. The molecule has 1 fully saturated rings.